The van der Waals surface area contributed by atoms with Gasteiger partial charge in [0.2, 0.25) is 0 Å². The second kappa shape index (κ2) is 3.45. The Morgan fingerprint density at radius 3 is 3.00 bits per heavy atom. The van der Waals surface area contributed by atoms with Crippen molar-refractivity contribution in [2.45, 2.75) is 13.0 Å². The molecule has 1 aliphatic heterocycles. The summed E-state index contributed by atoms with van der Waals surface area (Å²) in [6, 6.07) is 0. The van der Waals surface area contributed by atoms with Gasteiger partial charge in [0.15, 0.2) is 0 Å². The smallest absolute Gasteiger partial charge is 0.409 e. The second-order valence-electron chi connectivity index (χ2n) is 3.58. The molecule has 1 aromatic heterocycles. The molecule has 0 aliphatic carbocycles. The van der Waals surface area contributed by atoms with E-state index in [1.165, 1.54) is 7.11 Å². The molecule has 0 spiro atoms. The lowest BCUT2D eigenvalue weighted by atomic mass is 10.1. The molecule has 1 amide bonds. The maximum absolute atomic E-state index is 11.3. The highest BCUT2D eigenvalue weighted by molar-refractivity contribution is 5.68. The number of nitrogens with two attached hydrogens (primary N) is 1. The number of carbonyl (C=O) groups excluding carboxylic acids is 1. The SMILES string of the molecule is COC(=O)N1CCc2nn(C)c(N)c2C1. The molecule has 0 bridgehead atoms. The number of methoxy groups -OCH3 is 1. The summed E-state index contributed by atoms with van der Waals surface area (Å²) in [5.41, 5.74) is 7.77. The summed E-state index contributed by atoms with van der Waals surface area (Å²) >= 11 is 0. The number of aryl methyl sites for hydroxylation is 1. The van der Waals surface area contributed by atoms with Gasteiger partial charge in [-0.05, 0) is 0 Å². The molecule has 2 heterocycles. The van der Waals surface area contributed by atoms with Crippen LogP contribution in [0, 0.1) is 0 Å². The van der Waals surface area contributed by atoms with Crippen molar-refractivity contribution in [3.05, 3.63) is 11.3 Å². The summed E-state index contributed by atoms with van der Waals surface area (Å²) in [5.74, 6) is 0.624. The molecule has 0 unspecified atom stereocenters. The highest BCUT2D eigenvalue weighted by Gasteiger charge is 2.25. The molecule has 2 N–H and O–H groups in total. The summed E-state index contributed by atoms with van der Waals surface area (Å²) < 4.78 is 6.31. The monoisotopic (exact) mass is 210 g/mol. The van der Waals surface area contributed by atoms with Crippen molar-refractivity contribution in [3.63, 3.8) is 0 Å². The molecule has 1 aliphatic rings. The van der Waals surface area contributed by atoms with Gasteiger partial charge in [-0.1, -0.05) is 0 Å². The Balaban J connectivity index is 2.26. The Labute approximate surface area is 87.6 Å². The Hall–Kier alpha value is -1.72. The number of carbonyl (C=O) groups is 1. The average molecular weight is 210 g/mol. The lowest BCUT2D eigenvalue weighted by Gasteiger charge is -2.24. The molecule has 1 aromatic rings. The van der Waals surface area contributed by atoms with E-state index in [0.717, 1.165) is 17.7 Å². The summed E-state index contributed by atoms with van der Waals surface area (Å²) in [6.45, 7) is 1.12. The summed E-state index contributed by atoms with van der Waals surface area (Å²) in [6.07, 6.45) is 0.416. The number of aromatic nitrogens is 2. The van der Waals surface area contributed by atoms with Gasteiger partial charge >= 0.3 is 6.09 Å². The number of amides is 1. The zero-order chi connectivity index (χ0) is 11.0. The highest BCUT2D eigenvalue weighted by atomic mass is 16.5. The Morgan fingerprint density at radius 2 is 2.33 bits per heavy atom. The molecule has 82 valence electrons. The Morgan fingerprint density at radius 1 is 1.60 bits per heavy atom. The van der Waals surface area contributed by atoms with E-state index in [4.69, 9.17) is 5.73 Å². The highest BCUT2D eigenvalue weighted by Crippen LogP contribution is 2.23. The van der Waals surface area contributed by atoms with Gasteiger partial charge in [-0.3, -0.25) is 4.68 Å². The molecule has 0 saturated heterocycles. The van der Waals surface area contributed by atoms with Crippen molar-refractivity contribution >= 4 is 11.9 Å². The molecule has 2 rings (SSSR count). The lowest BCUT2D eigenvalue weighted by Crippen LogP contribution is -2.35. The van der Waals surface area contributed by atoms with E-state index in [1.54, 1.807) is 16.6 Å². The molecule has 0 fully saturated rings. The summed E-state index contributed by atoms with van der Waals surface area (Å²) in [4.78, 5) is 13.0. The minimum Gasteiger partial charge on any atom is -0.453 e. The standard InChI is InChI=1S/C9H14N4O2/c1-12-8(10)6-5-13(9(14)15-2)4-3-7(6)11-12/h3-5,10H2,1-2H3. The molecular formula is C9H14N4O2. The molecular weight excluding hydrogens is 196 g/mol. The van der Waals surface area contributed by atoms with Crippen LogP contribution in [0.15, 0.2) is 0 Å². The Kier molecular flexibility index (Phi) is 2.26. The number of anilines is 1. The van der Waals surface area contributed by atoms with E-state index >= 15 is 0 Å². The van der Waals surface area contributed by atoms with Crippen LogP contribution in [0.5, 0.6) is 0 Å². The van der Waals surface area contributed by atoms with Gasteiger partial charge in [0.1, 0.15) is 5.82 Å². The number of nitrogens with zero attached hydrogens (tertiary/aromatic N) is 3. The quantitative estimate of drug-likeness (QED) is 0.660. The lowest BCUT2D eigenvalue weighted by molar-refractivity contribution is 0.118. The van der Waals surface area contributed by atoms with Crippen LogP contribution in [0.3, 0.4) is 0 Å². The fraction of sp³-hybridized carbons (Fsp3) is 0.556. The third-order valence-corrected chi connectivity index (χ3v) is 2.68. The molecule has 6 nitrogen and oxygen atoms in total. The van der Waals surface area contributed by atoms with E-state index in [1.807, 2.05) is 0 Å². The summed E-state index contributed by atoms with van der Waals surface area (Å²) in [5, 5.41) is 4.28. The normalized spacial score (nSPS) is 14.9. The zero-order valence-electron chi connectivity index (χ0n) is 8.86. The van der Waals surface area contributed by atoms with Crippen molar-refractivity contribution in [2.75, 3.05) is 19.4 Å². The van der Waals surface area contributed by atoms with Gasteiger partial charge in [-0.15, -0.1) is 0 Å². The van der Waals surface area contributed by atoms with Crippen LogP contribution in [-0.4, -0.2) is 34.4 Å². The van der Waals surface area contributed by atoms with E-state index < -0.39 is 0 Å². The Bertz CT molecular complexity index is 399. The first-order valence-corrected chi connectivity index (χ1v) is 4.76. The predicted molar refractivity (Wildman–Crippen MR) is 54.1 cm³/mol. The molecule has 15 heavy (non-hydrogen) atoms. The number of hydrogen-bond acceptors (Lipinski definition) is 4. The van der Waals surface area contributed by atoms with Crippen molar-refractivity contribution in [1.29, 1.82) is 0 Å². The minimum atomic E-state index is -0.316. The topological polar surface area (TPSA) is 73.4 Å². The fourth-order valence-corrected chi connectivity index (χ4v) is 1.81. The maximum Gasteiger partial charge on any atom is 0.409 e. The van der Waals surface area contributed by atoms with E-state index in [2.05, 4.69) is 9.84 Å². The first-order valence-electron chi connectivity index (χ1n) is 4.76. The van der Waals surface area contributed by atoms with Crippen LogP contribution in [-0.2, 0) is 24.8 Å². The molecule has 0 saturated carbocycles. The zero-order valence-corrected chi connectivity index (χ0v) is 8.86. The van der Waals surface area contributed by atoms with Crippen molar-refractivity contribution in [2.24, 2.45) is 7.05 Å². The maximum atomic E-state index is 11.3. The van der Waals surface area contributed by atoms with Crippen LogP contribution in [0.25, 0.3) is 0 Å². The number of ether oxygens (including phenoxy) is 1. The van der Waals surface area contributed by atoms with Crippen molar-refractivity contribution < 1.29 is 9.53 Å². The number of hydrogen-bond donors (Lipinski definition) is 1. The van der Waals surface area contributed by atoms with Gasteiger partial charge in [-0.2, -0.15) is 5.10 Å². The third kappa shape index (κ3) is 1.51. The van der Waals surface area contributed by atoms with Gasteiger partial charge in [0.05, 0.1) is 19.3 Å². The second-order valence-corrected chi connectivity index (χ2v) is 3.58. The molecule has 0 radical (unpaired) electrons. The largest absolute Gasteiger partial charge is 0.453 e. The van der Waals surface area contributed by atoms with Gasteiger partial charge in [0, 0.05) is 25.6 Å². The van der Waals surface area contributed by atoms with Crippen LogP contribution in [0.4, 0.5) is 10.6 Å². The number of rotatable bonds is 0. The van der Waals surface area contributed by atoms with E-state index in [-0.39, 0.29) is 6.09 Å². The molecule has 6 heteroatoms. The number of fused-ring (bicyclic) bond motifs is 1. The van der Waals surface area contributed by atoms with Crippen LogP contribution in [0.2, 0.25) is 0 Å². The van der Waals surface area contributed by atoms with Crippen LogP contribution >= 0.6 is 0 Å². The van der Waals surface area contributed by atoms with Crippen molar-refractivity contribution in [3.8, 4) is 0 Å². The molecule has 0 aromatic carbocycles. The minimum absolute atomic E-state index is 0.316. The van der Waals surface area contributed by atoms with Crippen molar-refractivity contribution in [1.82, 2.24) is 14.7 Å². The van der Waals surface area contributed by atoms with Gasteiger partial charge in [-0.25, -0.2) is 4.79 Å². The first kappa shape index (κ1) is 9.82. The fourth-order valence-electron chi connectivity index (χ4n) is 1.81. The molecule has 0 atom stereocenters. The van der Waals surface area contributed by atoms with Crippen LogP contribution < -0.4 is 5.73 Å². The van der Waals surface area contributed by atoms with Crippen LogP contribution in [0.1, 0.15) is 11.3 Å². The van der Waals surface area contributed by atoms with Gasteiger partial charge < -0.3 is 15.4 Å². The average Bonchev–Trinajstić information content (AvgIpc) is 2.54. The van der Waals surface area contributed by atoms with E-state index in [9.17, 15) is 4.79 Å². The van der Waals surface area contributed by atoms with Gasteiger partial charge in [0.25, 0.3) is 0 Å². The summed E-state index contributed by atoms with van der Waals surface area (Å²) in [7, 11) is 3.18. The predicted octanol–water partition coefficient (Wildman–Crippen LogP) is 0.127. The third-order valence-electron chi connectivity index (χ3n) is 2.68. The van der Waals surface area contributed by atoms with E-state index in [0.29, 0.717) is 18.9 Å². The number of nitrogen functional groups attached to an aromatic ring is 1. The first-order chi connectivity index (χ1) is 7.13.